The van der Waals surface area contributed by atoms with Gasteiger partial charge in [0, 0.05) is 25.7 Å². The average molecular weight is 539 g/mol. The predicted molar refractivity (Wildman–Crippen MR) is 129 cm³/mol. The SMILES string of the molecule is CC(=O)OC[C@H]1OC(Oc2ccccc2OS(=O)(=O)Oc2ccc(CO)cc2)[C@H](C)[C@@H](C)[C@H]1OC(C)=O. The first kappa shape index (κ1) is 28.2. The smallest absolute Gasteiger partial charge is 0.463 e. The van der Waals surface area contributed by atoms with Crippen LogP contribution in [0.15, 0.2) is 48.5 Å². The molecule has 11 nitrogen and oxygen atoms in total. The van der Waals surface area contributed by atoms with Crippen LogP contribution in [0.2, 0.25) is 0 Å². The number of carbonyl (C=O) groups is 2. The molecule has 2 aromatic rings. The minimum atomic E-state index is -4.54. The molecule has 0 aliphatic carbocycles. The fourth-order valence-electron chi connectivity index (χ4n) is 3.74. The van der Waals surface area contributed by atoms with E-state index >= 15 is 0 Å². The van der Waals surface area contributed by atoms with E-state index < -0.39 is 40.8 Å². The van der Waals surface area contributed by atoms with Gasteiger partial charge in [0.15, 0.2) is 11.5 Å². The van der Waals surface area contributed by atoms with Crippen LogP contribution >= 0.6 is 0 Å². The Morgan fingerprint density at radius 2 is 1.57 bits per heavy atom. The number of para-hydroxylation sites is 2. The van der Waals surface area contributed by atoms with E-state index in [1.54, 1.807) is 12.1 Å². The van der Waals surface area contributed by atoms with Crippen LogP contribution in [0.3, 0.4) is 0 Å². The fourth-order valence-corrected chi connectivity index (χ4v) is 4.48. The molecule has 0 aromatic heterocycles. The van der Waals surface area contributed by atoms with E-state index in [2.05, 4.69) is 0 Å². The van der Waals surface area contributed by atoms with Gasteiger partial charge in [0.1, 0.15) is 24.6 Å². The normalized spacial score (nSPS) is 23.5. The lowest BCUT2D eigenvalue weighted by molar-refractivity contribution is -0.248. The van der Waals surface area contributed by atoms with E-state index in [1.807, 2.05) is 13.8 Å². The molecule has 1 unspecified atom stereocenters. The van der Waals surface area contributed by atoms with Gasteiger partial charge in [-0.3, -0.25) is 9.59 Å². The summed E-state index contributed by atoms with van der Waals surface area (Å²) >= 11 is 0. The van der Waals surface area contributed by atoms with E-state index in [4.69, 9.17) is 32.4 Å². The topological polar surface area (TPSA) is 144 Å². The molecule has 1 aliphatic heterocycles. The number of aliphatic hydroxyl groups is 1. The van der Waals surface area contributed by atoms with Crippen molar-refractivity contribution in [2.24, 2.45) is 11.8 Å². The number of esters is 2. The highest BCUT2D eigenvalue weighted by atomic mass is 32.3. The van der Waals surface area contributed by atoms with Crippen molar-refractivity contribution in [1.29, 1.82) is 0 Å². The molecule has 1 N–H and O–H groups in total. The molecule has 12 heteroatoms. The van der Waals surface area contributed by atoms with E-state index in [0.29, 0.717) is 5.56 Å². The highest BCUT2D eigenvalue weighted by molar-refractivity contribution is 7.82. The first-order valence-corrected chi connectivity index (χ1v) is 12.9. The molecule has 1 heterocycles. The molecule has 202 valence electrons. The second-order valence-electron chi connectivity index (χ2n) is 8.58. The van der Waals surface area contributed by atoms with Crippen molar-refractivity contribution in [3.63, 3.8) is 0 Å². The molecule has 0 amide bonds. The lowest BCUT2D eigenvalue weighted by Crippen LogP contribution is -2.54. The molecule has 1 fully saturated rings. The minimum absolute atomic E-state index is 0.00140. The third kappa shape index (κ3) is 7.81. The number of hydrogen-bond acceptors (Lipinski definition) is 11. The van der Waals surface area contributed by atoms with E-state index in [-0.39, 0.29) is 42.3 Å². The Kier molecular flexibility index (Phi) is 9.35. The summed E-state index contributed by atoms with van der Waals surface area (Å²) in [5.41, 5.74) is 0.586. The summed E-state index contributed by atoms with van der Waals surface area (Å²) < 4.78 is 57.8. The minimum Gasteiger partial charge on any atom is -0.463 e. The monoisotopic (exact) mass is 538 g/mol. The number of aliphatic hydroxyl groups excluding tert-OH is 1. The Bertz CT molecular complexity index is 1180. The van der Waals surface area contributed by atoms with Crippen LogP contribution in [0.4, 0.5) is 0 Å². The molecular weight excluding hydrogens is 508 g/mol. The van der Waals surface area contributed by atoms with Crippen LogP contribution in [0, 0.1) is 11.8 Å². The molecule has 0 spiro atoms. The Labute approximate surface area is 215 Å². The van der Waals surface area contributed by atoms with Crippen molar-refractivity contribution >= 4 is 22.3 Å². The van der Waals surface area contributed by atoms with Crippen molar-refractivity contribution in [2.75, 3.05) is 6.61 Å². The van der Waals surface area contributed by atoms with Crippen LogP contribution in [0.1, 0.15) is 33.3 Å². The van der Waals surface area contributed by atoms with Gasteiger partial charge in [-0.05, 0) is 29.8 Å². The van der Waals surface area contributed by atoms with Crippen LogP contribution < -0.4 is 13.1 Å². The van der Waals surface area contributed by atoms with Crippen molar-refractivity contribution < 1.29 is 50.4 Å². The molecule has 5 atom stereocenters. The predicted octanol–water partition coefficient (Wildman–Crippen LogP) is 2.75. The summed E-state index contributed by atoms with van der Waals surface area (Å²) in [6.45, 7) is 5.84. The molecule has 2 aromatic carbocycles. The summed E-state index contributed by atoms with van der Waals surface area (Å²) in [7, 11) is -4.54. The first-order chi connectivity index (χ1) is 17.5. The van der Waals surface area contributed by atoms with E-state index in [9.17, 15) is 18.0 Å². The number of carbonyl (C=O) groups excluding carboxylic acids is 2. The van der Waals surface area contributed by atoms with E-state index in [1.165, 1.54) is 50.2 Å². The number of hydrogen-bond donors (Lipinski definition) is 1. The van der Waals surface area contributed by atoms with Crippen LogP contribution in [-0.2, 0) is 40.8 Å². The number of rotatable bonds is 10. The average Bonchev–Trinajstić information content (AvgIpc) is 2.83. The van der Waals surface area contributed by atoms with Gasteiger partial charge in [-0.15, -0.1) is 8.42 Å². The molecule has 1 saturated heterocycles. The molecule has 0 bridgehead atoms. The maximum absolute atomic E-state index is 12.6. The maximum atomic E-state index is 12.6. The Hall–Kier alpha value is -3.35. The van der Waals surface area contributed by atoms with Gasteiger partial charge in [-0.2, -0.15) is 0 Å². The standard InChI is InChI=1S/C25H30O11S/c1-15-16(2)25(34-23(14-31-17(3)27)24(15)32-18(4)28)33-21-7-5-6-8-22(21)36-37(29,30)35-20-11-9-19(13-26)10-12-20/h5-12,15-16,23-26H,13-14H2,1-4H3/t15-,16-,23-,24-,25?/m1/s1. The second-order valence-corrected chi connectivity index (χ2v) is 9.73. The van der Waals surface area contributed by atoms with Gasteiger partial charge in [-0.25, -0.2) is 0 Å². The lowest BCUT2D eigenvalue weighted by Gasteiger charge is -2.43. The highest BCUT2D eigenvalue weighted by Gasteiger charge is 2.45. The summed E-state index contributed by atoms with van der Waals surface area (Å²) in [4.78, 5) is 23.0. The number of ether oxygens (including phenoxy) is 4. The molecule has 0 radical (unpaired) electrons. The number of benzene rings is 2. The van der Waals surface area contributed by atoms with Gasteiger partial charge in [0.2, 0.25) is 6.29 Å². The summed E-state index contributed by atoms with van der Waals surface area (Å²) in [5, 5.41) is 9.13. The Morgan fingerprint density at radius 3 is 2.16 bits per heavy atom. The molecule has 3 rings (SSSR count). The molecule has 0 saturated carbocycles. The van der Waals surface area contributed by atoms with Crippen LogP contribution in [0.5, 0.6) is 17.2 Å². The largest absolute Gasteiger partial charge is 0.501 e. The Morgan fingerprint density at radius 1 is 0.919 bits per heavy atom. The zero-order chi connectivity index (χ0) is 27.2. The van der Waals surface area contributed by atoms with Gasteiger partial charge in [0.25, 0.3) is 0 Å². The van der Waals surface area contributed by atoms with E-state index in [0.717, 1.165) is 0 Å². The van der Waals surface area contributed by atoms with Crippen LogP contribution in [0.25, 0.3) is 0 Å². The van der Waals surface area contributed by atoms with Crippen LogP contribution in [-0.4, -0.2) is 50.6 Å². The highest BCUT2D eigenvalue weighted by Crippen LogP contribution is 2.37. The lowest BCUT2D eigenvalue weighted by atomic mass is 9.84. The summed E-state index contributed by atoms with van der Waals surface area (Å²) in [6.07, 6.45) is -2.42. The first-order valence-electron chi connectivity index (χ1n) is 11.5. The van der Waals surface area contributed by atoms with Crippen molar-refractivity contribution in [2.45, 2.75) is 52.8 Å². The third-order valence-electron chi connectivity index (χ3n) is 5.79. The maximum Gasteiger partial charge on any atom is 0.501 e. The van der Waals surface area contributed by atoms with Gasteiger partial charge >= 0.3 is 22.3 Å². The fraction of sp³-hybridized carbons (Fsp3) is 0.440. The Balaban J connectivity index is 1.77. The molecule has 1 aliphatic rings. The van der Waals surface area contributed by atoms with Crippen molar-refractivity contribution in [3.8, 4) is 17.2 Å². The second kappa shape index (κ2) is 12.3. The summed E-state index contributed by atoms with van der Waals surface area (Å²) in [6, 6.07) is 11.9. The quantitative estimate of drug-likeness (QED) is 0.446. The molecular formula is C25H30O11S. The summed E-state index contributed by atoms with van der Waals surface area (Å²) in [5.74, 6) is -1.69. The van der Waals surface area contributed by atoms with Crippen molar-refractivity contribution in [3.05, 3.63) is 54.1 Å². The zero-order valence-corrected chi connectivity index (χ0v) is 21.7. The van der Waals surface area contributed by atoms with Gasteiger partial charge < -0.3 is 32.4 Å². The van der Waals surface area contributed by atoms with Gasteiger partial charge in [-0.1, -0.05) is 38.1 Å². The van der Waals surface area contributed by atoms with Crippen molar-refractivity contribution in [1.82, 2.24) is 0 Å². The molecule has 37 heavy (non-hydrogen) atoms. The van der Waals surface area contributed by atoms with Gasteiger partial charge in [0.05, 0.1) is 6.61 Å². The zero-order valence-electron chi connectivity index (χ0n) is 20.9. The third-order valence-corrected chi connectivity index (χ3v) is 6.57.